The number of carboxylic acid groups (broad SMARTS) is 1. The van der Waals surface area contributed by atoms with Crippen LogP contribution in [0.4, 0.5) is 10.5 Å². The van der Waals surface area contributed by atoms with Crippen LogP contribution < -0.4 is 4.90 Å². The summed E-state index contributed by atoms with van der Waals surface area (Å²) >= 11 is 0. The summed E-state index contributed by atoms with van der Waals surface area (Å²) in [5, 5.41) is 9.02. The molecule has 0 bridgehead atoms. The molecule has 0 atom stereocenters. The van der Waals surface area contributed by atoms with Gasteiger partial charge in [-0.25, -0.2) is 9.59 Å². The molecule has 0 heterocycles. The molecule has 0 fully saturated rings. The van der Waals surface area contributed by atoms with E-state index in [1.165, 1.54) is 17.0 Å². The summed E-state index contributed by atoms with van der Waals surface area (Å²) in [6.07, 6.45) is -0.506. The lowest BCUT2D eigenvalue weighted by Crippen LogP contribution is -2.31. The molecule has 0 aliphatic carbocycles. The molecular formula is C17H17NO4. The van der Waals surface area contributed by atoms with E-state index in [1.807, 2.05) is 30.3 Å². The maximum Gasteiger partial charge on any atom is 0.414 e. The minimum absolute atomic E-state index is 0.131. The van der Waals surface area contributed by atoms with Crippen LogP contribution in [-0.4, -0.2) is 23.7 Å². The first-order valence-corrected chi connectivity index (χ1v) is 6.93. The monoisotopic (exact) mass is 299 g/mol. The van der Waals surface area contributed by atoms with Gasteiger partial charge in [0, 0.05) is 12.2 Å². The Hall–Kier alpha value is -2.82. The fourth-order valence-electron chi connectivity index (χ4n) is 2.02. The Bertz CT molecular complexity index is 655. The van der Waals surface area contributed by atoms with E-state index < -0.39 is 12.1 Å². The van der Waals surface area contributed by atoms with E-state index in [0.29, 0.717) is 12.2 Å². The van der Waals surface area contributed by atoms with Crippen molar-refractivity contribution in [2.45, 2.75) is 13.5 Å². The van der Waals surface area contributed by atoms with Crippen LogP contribution in [0.25, 0.3) is 0 Å². The van der Waals surface area contributed by atoms with Crippen LogP contribution in [-0.2, 0) is 11.3 Å². The van der Waals surface area contributed by atoms with E-state index in [9.17, 15) is 9.59 Å². The Kier molecular flexibility index (Phi) is 5.14. The predicted molar refractivity (Wildman–Crippen MR) is 83.0 cm³/mol. The molecule has 1 N–H and O–H groups in total. The van der Waals surface area contributed by atoms with Crippen molar-refractivity contribution in [3.63, 3.8) is 0 Å². The third-order valence-electron chi connectivity index (χ3n) is 3.15. The molecule has 2 rings (SSSR count). The first-order chi connectivity index (χ1) is 10.6. The van der Waals surface area contributed by atoms with Crippen molar-refractivity contribution < 1.29 is 19.4 Å². The van der Waals surface area contributed by atoms with Crippen LogP contribution in [0.3, 0.4) is 0 Å². The molecular weight excluding hydrogens is 282 g/mol. The molecule has 114 valence electrons. The molecule has 0 aromatic heterocycles. The molecule has 5 nitrogen and oxygen atoms in total. The topological polar surface area (TPSA) is 66.8 Å². The molecule has 0 unspecified atom stereocenters. The largest absolute Gasteiger partial charge is 0.478 e. The van der Waals surface area contributed by atoms with Gasteiger partial charge in [0.1, 0.15) is 6.61 Å². The summed E-state index contributed by atoms with van der Waals surface area (Å²) in [5.74, 6) is -1.03. The van der Waals surface area contributed by atoms with Gasteiger partial charge in [-0.1, -0.05) is 36.4 Å². The van der Waals surface area contributed by atoms with E-state index in [4.69, 9.17) is 9.84 Å². The summed E-state index contributed by atoms with van der Waals surface area (Å²) in [5.41, 5.74) is 1.53. The predicted octanol–water partition coefficient (Wildman–Crippen LogP) is 3.55. The van der Waals surface area contributed by atoms with Gasteiger partial charge in [-0.15, -0.1) is 0 Å². The molecule has 1 amide bonds. The number of hydrogen-bond donors (Lipinski definition) is 1. The van der Waals surface area contributed by atoms with Gasteiger partial charge < -0.3 is 9.84 Å². The number of carboxylic acids is 1. The van der Waals surface area contributed by atoms with Gasteiger partial charge in [0.2, 0.25) is 0 Å². The molecule has 0 radical (unpaired) electrons. The Morgan fingerprint density at radius 1 is 1.09 bits per heavy atom. The average molecular weight is 299 g/mol. The first-order valence-electron chi connectivity index (χ1n) is 6.93. The third kappa shape index (κ3) is 3.85. The highest BCUT2D eigenvalue weighted by molar-refractivity contribution is 5.92. The molecule has 22 heavy (non-hydrogen) atoms. The zero-order chi connectivity index (χ0) is 15.9. The number of benzene rings is 2. The van der Waals surface area contributed by atoms with Gasteiger partial charge in [0.25, 0.3) is 0 Å². The van der Waals surface area contributed by atoms with Crippen LogP contribution in [0, 0.1) is 0 Å². The molecule has 0 aliphatic heterocycles. The lowest BCUT2D eigenvalue weighted by molar-refractivity contribution is 0.0696. The SMILES string of the molecule is CCN(C(=O)OCc1ccccc1)c1cccc(C(=O)O)c1. The lowest BCUT2D eigenvalue weighted by atomic mass is 10.2. The van der Waals surface area contributed by atoms with Crippen molar-refractivity contribution in [2.75, 3.05) is 11.4 Å². The average Bonchev–Trinajstić information content (AvgIpc) is 2.55. The number of carbonyl (C=O) groups excluding carboxylic acids is 1. The van der Waals surface area contributed by atoms with Crippen LogP contribution in [0.1, 0.15) is 22.8 Å². The highest BCUT2D eigenvalue weighted by Gasteiger charge is 2.16. The van der Waals surface area contributed by atoms with E-state index in [-0.39, 0.29) is 12.2 Å². The second kappa shape index (κ2) is 7.26. The summed E-state index contributed by atoms with van der Waals surface area (Å²) < 4.78 is 5.28. The maximum absolute atomic E-state index is 12.2. The van der Waals surface area contributed by atoms with Gasteiger partial charge >= 0.3 is 12.1 Å². The summed E-state index contributed by atoms with van der Waals surface area (Å²) in [4.78, 5) is 24.6. The number of ether oxygens (including phenoxy) is 1. The van der Waals surface area contributed by atoms with Crippen molar-refractivity contribution in [2.24, 2.45) is 0 Å². The zero-order valence-corrected chi connectivity index (χ0v) is 12.2. The third-order valence-corrected chi connectivity index (χ3v) is 3.15. The van der Waals surface area contributed by atoms with Gasteiger partial charge in [0.15, 0.2) is 0 Å². The molecule has 2 aromatic carbocycles. The Morgan fingerprint density at radius 2 is 1.82 bits per heavy atom. The Balaban J connectivity index is 2.08. The van der Waals surface area contributed by atoms with Gasteiger partial charge in [-0.05, 0) is 30.7 Å². The number of amides is 1. The van der Waals surface area contributed by atoms with Crippen molar-refractivity contribution in [3.05, 3.63) is 65.7 Å². The number of aromatic carboxylic acids is 1. The summed E-state index contributed by atoms with van der Waals surface area (Å²) in [6, 6.07) is 15.6. The second-order valence-electron chi connectivity index (χ2n) is 4.64. The number of rotatable bonds is 5. The van der Waals surface area contributed by atoms with Crippen LogP contribution >= 0.6 is 0 Å². The van der Waals surface area contributed by atoms with E-state index in [2.05, 4.69) is 0 Å². The van der Waals surface area contributed by atoms with Crippen LogP contribution in [0.2, 0.25) is 0 Å². The van der Waals surface area contributed by atoms with Crippen molar-refractivity contribution >= 4 is 17.7 Å². The van der Waals surface area contributed by atoms with Crippen LogP contribution in [0.5, 0.6) is 0 Å². The van der Waals surface area contributed by atoms with Gasteiger partial charge in [-0.3, -0.25) is 4.90 Å². The van der Waals surface area contributed by atoms with E-state index in [0.717, 1.165) is 5.56 Å². The smallest absolute Gasteiger partial charge is 0.414 e. The van der Waals surface area contributed by atoms with Crippen molar-refractivity contribution in [1.29, 1.82) is 0 Å². The lowest BCUT2D eigenvalue weighted by Gasteiger charge is -2.20. The highest BCUT2D eigenvalue weighted by Crippen LogP contribution is 2.18. The van der Waals surface area contributed by atoms with Crippen LogP contribution in [0.15, 0.2) is 54.6 Å². The van der Waals surface area contributed by atoms with Gasteiger partial charge in [0.05, 0.1) is 5.56 Å². The Morgan fingerprint density at radius 3 is 2.45 bits per heavy atom. The summed E-state index contributed by atoms with van der Waals surface area (Å²) in [6.45, 7) is 2.36. The number of nitrogens with zero attached hydrogens (tertiary/aromatic N) is 1. The quantitative estimate of drug-likeness (QED) is 0.917. The number of carbonyl (C=O) groups is 2. The second-order valence-corrected chi connectivity index (χ2v) is 4.64. The molecule has 0 aliphatic rings. The molecule has 0 saturated carbocycles. The standard InChI is InChI=1S/C17H17NO4/c1-2-18(15-10-6-9-14(11-15)16(19)20)17(21)22-12-13-7-4-3-5-8-13/h3-11H,2,12H2,1H3,(H,19,20). The maximum atomic E-state index is 12.2. The van der Waals surface area contributed by atoms with Gasteiger partial charge in [-0.2, -0.15) is 0 Å². The zero-order valence-electron chi connectivity index (χ0n) is 12.2. The molecule has 0 saturated heterocycles. The number of hydrogen-bond acceptors (Lipinski definition) is 3. The fraction of sp³-hybridized carbons (Fsp3) is 0.176. The minimum Gasteiger partial charge on any atom is -0.478 e. The van der Waals surface area contributed by atoms with E-state index >= 15 is 0 Å². The van der Waals surface area contributed by atoms with E-state index in [1.54, 1.807) is 19.1 Å². The van der Waals surface area contributed by atoms with Crippen molar-refractivity contribution in [3.8, 4) is 0 Å². The molecule has 5 heteroatoms. The first kappa shape index (κ1) is 15.6. The highest BCUT2D eigenvalue weighted by atomic mass is 16.6. The summed E-state index contributed by atoms with van der Waals surface area (Å²) in [7, 11) is 0. The number of anilines is 1. The fourth-order valence-corrected chi connectivity index (χ4v) is 2.02. The normalized spacial score (nSPS) is 10.0. The molecule has 2 aromatic rings. The van der Waals surface area contributed by atoms with Crippen molar-refractivity contribution in [1.82, 2.24) is 0 Å². The Labute approximate surface area is 128 Å². The molecule has 0 spiro atoms. The minimum atomic E-state index is -1.03.